The first-order chi connectivity index (χ1) is 13.4. The summed E-state index contributed by atoms with van der Waals surface area (Å²) in [5.41, 5.74) is 0. The molecule has 0 aliphatic carbocycles. The molecule has 1 heterocycles. The van der Waals surface area contributed by atoms with Crippen LogP contribution in [0.25, 0.3) is 0 Å². The zero-order valence-electron chi connectivity index (χ0n) is 18.1. The van der Waals surface area contributed by atoms with Crippen LogP contribution in [0, 0.1) is 0 Å². The van der Waals surface area contributed by atoms with Crippen LogP contribution in [0.4, 0.5) is 0 Å². The molecule has 158 valence electrons. The molecule has 0 unspecified atom stereocenters. The van der Waals surface area contributed by atoms with E-state index in [-0.39, 0.29) is 0 Å². The van der Waals surface area contributed by atoms with Gasteiger partial charge < -0.3 is 10.0 Å². The molecule has 0 aromatic rings. The second-order valence-corrected chi connectivity index (χ2v) is 8.09. The van der Waals surface area contributed by atoms with E-state index >= 15 is 0 Å². The standard InChI is InChI=1S/C24H46N2O/c1-2-3-4-5-6-7-8-9-10-11-12-13-14-15-16-19-24-25-20-22-26(24)21-17-18-23-27/h16,19,27H,2-15,17-18,20-23H2,1H3/b19-16+. The summed E-state index contributed by atoms with van der Waals surface area (Å²) in [6.07, 6.45) is 26.1. The minimum Gasteiger partial charge on any atom is -0.396 e. The fourth-order valence-corrected chi connectivity index (χ4v) is 3.77. The average Bonchev–Trinajstić information content (AvgIpc) is 3.12. The van der Waals surface area contributed by atoms with E-state index in [4.69, 9.17) is 5.11 Å². The minimum atomic E-state index is 0.301. The molecule has 1 aliphatic heterocycles. The van der Waals surface area contributed by atoms with E-state index < -0.39 is 0 Å². The fourth-order valence-electron chi connectivity index (χ4n) is 3.77. The lowest BCUT2D eigenvalue weighted by molar-refractivity contribution is 0.277. The maximum absolute atomic E-state index is 8.90. The van der Waals surface area contributed by atoms with Crippen LogP contribution in [0.2, 0.25) is 0 Å². The first-order valence-corrected chi connectivity index (χ1v) is 11.9. The van der Waals surface area contributed by atoms with Gasteiger partial charge >= 0.3 is 0 Å². The van der Waals surface area contributed by atoms with Crippen molar-refractivity contribution in [3.8, 4) is 0 Å². The lowest BCUT2D eigenvalue weighted by Crippen LogP contribution is -2.27. The van der Waals surface area contributed by atoms with Gasteiger partial charge in [0, 0.05) is 19.7 Å². The van der Waals surface area contributed by atoms with Crippen molar-refractivity contribution >= 4 is 5.84 Å². The molecular formula is C24H46N2O. The number of aliphatic hydroxyl groups excluding tert-OH is 1. The zero-order chi connectivity index (χ0) is 19.4. The van der Waals surface area contributed by atoms with Gasteiger partial charge in [0.05, 0.1) is 6.54 Å². The van der Waals surface area contributed by atoms with Gasteiger partial charge in [-0.1, -0.05) is 90.0 Å². The van der Waals surface area contributed by atoms with Crippen molar-refractivity contribution in [3.05, 3.63) is 12.2 Å². The highest BCUT2D eigenvalue weighted by Crippen LogP contribution is 2.13. The molecule has 27 heavy (non-hydrogen) atoms. The highest BCUT2D eigenvalue weighted by atomic mass is 16.2. The molecule has 0 aromatic carbocycles. The van der Waals surface area contributed by atoms with E-state index in [1.54, 1.807) is 0 Å². The number of allylic oxidation sites excluding steroid dienone is 1. The Morgan fingerprint density at radius 3 is 2.00 bits per heavy atom. The molecule has 0 radical (unpaired) electrons. The van der Waals surface area contributed by atoms with E-state index in [1.165, 1.54) is 89.9 Å². The van der Waals surface area contributed by atoms with Gasteiger partial charge in [-0.05, 0) is 31.8 Å². The van der Waals surface area contributed by atoms with Gasteiger partial charge in [-0.2, -0.15) is 0 Å². The van der Waals surface area contributed by atoms with Gasteiger partial charge in [0.2, 0.25) is 0 Å². The Kier molecular flexibility index (Phi) is 16.6. The first kappa shape index (κ1) is 24.2. The fraction of sp³-hybridized carbons (Fsp3) is 0.875. The molecule has 0 spiro atoms. The van der Waals surface area contributed by atoms with Crippen LogP contribution in [-0.4, -0.2) is 42.1 Å². The van der Waals surface area contributed by atoms with Crippen molar-refractivity contribution in [3.63, 3.8) is 0 Å². The summed E-state index contributed by atoms with van der Waals surface area (Å²) < 4.78 is 0. The highest BCUT2D eigenvalue weighted by molar-refractivity contribution is 5.94. The predicted molar refractivity (Wildman–Crippen MR) is 120 cm³/mol. The summed E-state index contributed by atoms with van der Waals surface area (Å²) in [5, 5.41) is 8.90. The molecule has 1 N–H and O–H groups in total. The highest BCUT2D eigenvalue weighted by Gasteiger charge is 2.12. The molecule has 0 atom stereocenters. The molecule has 0 bridgehead atoms. The number of aliphatic hydroxyl groups is 1. The normalized spacial score (nSPS) is 14.4. The molecule has 0 amide bonds. The summed E-state index contributed by atoms with van der Waals surface area (Å²) in [6, 6.07) is 0. The van der Waals surface area contributed by atoms with E-state index in [1.807, 2.05) is 0 Å². The average molecular weight is 379 g/mol. The summed E-state index contributed by atoms with van der Waals surface area (Å²) in [7, 11) is 0. The van der Waals surface area contributed by atoms with Crippen LogP contribution in [0.1, 0.15) is 110 Å². The van der Waals surface area contributed by atoms with Crippen molar-refractivity contribution < 1.29 is 5.11 Å². The topological polar surface area (TPSA) is 35.8 Å². The maximum atomic E-state index is 8.90. The first-order valence-electron chi connectivity index (χ1n) is 11.9. The number of unbranched alkanes of at least 4 members (excludes halogenated alkanes) is 14. The second kappa shape index (κ2) is 18.5. The monoisotopic (exact) mass is 378 g/mol. The number of rotatable bonds is 19. The van der Waals surface area contributed by atoms with E-state index in [0.29, 0.717) is 6.61 Å². The molecule has 0 fully saturated rings. The van der Waals surface area contributed by atoms with Gasteiger partial charge in [-0.15, -0.1) is 0 Å². The quantitative estimate of drug-likeness (QED) is 0.260. The van der Waals surface area contributed by atoms with Crippen molar-refractivity contribution in [2.45, 2.75) is 110 Å². The lowest BCUT2D eigenvalue weighted by atomic mass is 10.0. The summed E-state index contributed by atoms with van der Waals surface area (Å²) in [5.74, 6) is 1.16. The third kappa shape index (κ3) is 13.9. The van der Waals surface area contributed by atoms with Crippen LogP contribution < -0.4 is 0 Å². The summed E-state index contributed by atoms with van der Waals surface area (Å²) >= 11 is 0. The minimum absolute atomic E-state index is 0.301. The van der Waals surface area contributed by atoms with Crippen molar-refractivity contribution in [2.24, 2.45) is 4.99 Å². The van der Waals surface area contributed by atoms with Crippen LogP contribution in [0.15, 0.2) is 17.1 Å². The smallest absolute Gasteiger partial charge is 0.123 e. The molecule has 0 saturated heterocycles. The third-order valence-electron chi connectivity index (χ3n) is 5.55. The molecule has 3 heteroatoms. The largest absolute Gasteiger partial charge is 0.396 e. The number of hydrogen-bond donors (Lipinski definition) is 1. The van der Waals surface area contributed by atoms with Crippen molar-refractivity contribution in [1.82, 2.24) is 4.90 Å². The van der Waals surface area contributed by atoms with Crippen LogP contribution in [-0.2, 0) is 0 Å². The molecule has 0 saturated carbocycles. The van der Waals surface area contributed by atoms with E-state index in [0.717, 1.165) is 38.3 Å². The molecule has 0 aromatic heterocycles. The Bertz CT molecular complexity index is 379. The summed E-state index contributed by atoms with van der Waals surface area (Å²) in [6.45, 7) is 5.59. The van der Waals surface area contributed by atoms with E-state index in [9.17, 15) is 0 Å². The Balaban J connectivity index is 1.86. The SMILES string of the molecule is CCCCCCCCCCCCCCC/C=C/C1=NCCN1CCCCO. The second-order valence-electron chi connectivity index (χ2n) is 8.09. The Hall–Kier alpha value is -0.830. The number of nitrogens with zero attached hydrogens (tertiary/aromatic N) is 2. The van der Waals surface area contributed by atoms with Gasteiger partial charge in [0.25, 0.3) is 0 Å². The number of hydrogen-bond acceptors (Lipinski definition) is 3. The molecular weight excluding hydrogens is 332 g/mol. The van der Waals surface area contributed by atoms with Gasteiger partial charge in [0.1, 0.15) is 5.84 Å². The van der Waals surface area contributed by atoms with Gasteiger partial charge in [-0.3, -0.25) is 4.99 Å². The summed E-state index contributed by atoms with van der Waals surface area (Å²) in [4.78, 5) is 6.95. The Morgan fingerprint density at radius 2 is 1.41 bits per heavy atom. The molecule has 1 rings (SSSR count). The zero-order valence-corrected chi connectivity index (χ0v) is 18.1. The van der Waals surface area contributed by atoms with Gasteiger partial charge in [0.15, 0.2) is 0 Å². The Morgan fingerprint density at radius 1 is 0.815 bits per heavy atom. The predicted octanol–water partition coefficient (Wildman–Crippen LogP) is 6.51. The van der Waals surface area contributed by atoms with Crippen molar-refractivity contribution in [1.29, 1.82) is 0 Å². The molecule has 3 nitrogen and oxygen atoms in total. The van der Waals surface area contributed by atoms with Crippen LogP contribution in [0.5, 0.6) is 0 Å². The number of amidine groups is 1. The lowest BCUT2D eigenvalue weighted by Gasteiger charge is -2.17. The number of aliphatic imine (C=N–C) groups is 1. The third-order valence-corrected chi connectivity index (χ3v) is 5.55. The Labute approximate surface area is 169 Å². The molecule has 1 aliphatic rings. The maximum Gasteiger partial charge on any atom is 0.123 e. The van der Waals surface area contributed by atoms with Crippen molar-refractivity contribution in [2.75, 3.05) is 26.2 Å². The van der Waals surface area contributed by atoms with Crippen LogP contribution in [0.3, 0.4) is 0 Å². The van der Waals surface area contributed by atoms with Gasteiger partial charge in [-0.25, -0.2) is 0 Å². The van der Waals surface area contributed by atoms with Crippen LogP contribution >= 0.6 is 0 Å². The van der Waals surface area contributed by atoms with E-state index in [2.05, 4.69) is 29.0 Å².